The van der Waals surface area contributed by atoms with Crippen molar-refractivity contribution in [3.63, 3.8) is 0 Å². The van der Waals surface area contributed by atoms with Crippen LogP contribution in [0.3, 0.4) is 0 Å². The van der Waals surface area contributed by atoms with Gasteiger partial charge >= 0.3 is 6.03 Å². The van der Waals surface area contributed by atoms with E-state index in [-0.39, 0.29) is 6.03 Å². The Hall–Kier alpha value is -2.86. The van der Waals surface area contributed by atoms with E-state index < -0.39 is 6.67 Å². The minimum absolute atomic E-state index is 0.339. The summed E-state index contributed by atoms with van der Waals surface area (Å²) in [5.74, 6) is 0. The van der Waals surface area contributed by atoms with E-state index in [1.807, 2.05) is 30.5 Å². The molecule has 0 atom stereocenters. The molecule has 0 radical (unpaired) electrons. The first-order valence-electron chi connectivity index (χ1n) is 7.63. The first-order chi connectivity index (χ1) is 12.2. The predicted molar refractivity (Wildman–Crippen MR) is 96.1 cm³/mol. The molecule has 1 heterocycles. The number of urea groups is 1. The molecule has 0 fully saturated rings. The number of nitrogens with one attached hydrogen (secondary N) is 3. The number of carbonyl (C=O) groups excluding carboxylic acids is 1. The van der Waals surface area contributed by atoms with Gasteiger partial charge in [0.25, 0.3) is 0 Å². The molecule has 25 heavy (non-hydrogen) atoms. The largest absolute Gasteiger partial charge is 0.334 e. The smallest absolute Gasteiger partial charge is 0.319 e. The lowest BCUT2D eigenvalue weighted by Gasteiger charge is -2.09. The van der Waals surface area contributed by atoms with Crippen molar-refractivity contribution in [2.24, 2.45) is 0 Å². The topological polar surface area (TPSA) is 69.8 Å². The van der Waals surface area contributed by atoms with Gasteiger partial charge in [-0.15, -0.1) is 0 Å². The quantitative estimate of drug-likeness (QED) is 0.627. The third-order valence-corrected chi connectivity index (χ3v) is 4.05. The molecule has 3 N–H and O–H groups in total. The van der Waals surface area contributed by atoms with Gasteiger partial charge < -0.3 is 10.6 Å². The second-order valence-electron chi connectivity index (χ2n) is 5.43. The van der Waals surface area contributed by atoms with Crippen LogP contribution in [0.4, 0.5) is 14.9 Å². The number of aromatic amines is 1. The highest BCUT2D eigenvalue weighted by molar-refractivity contribution is 6.31. The molecule has 0 saturated heterocycles. The van der Waals surface area contributed by atoms with Crippen molar-refractivity contribution < 1.29 is 9.18 Å². The van der Waals surface area contributed by atoms with Crippen LogP contribution in [0.15, 0.2) is 54.9 Å². The van der Waals surface area contributed by atoms with E-state index in [4.69, 9.17) is 11.6 Å². The summed E-state index contributed by atoms with van der Waals surface area (Å²) in [7, 11) is 0. The third-order valence-electron chi connectivity index (χ3n) is 3.69. The summed E-state index contributed by atoms with van der Waals surface area (Å²) < 4.78 is 12.8. The van der Waals surface area contributed by atoms with E-state index in [1.165, 1.54) is 6.07 Å². The molecule has 3 rings (SSSR count). The number of carbonyl (C=O) groups is 1. The lowest BCUT2D eigenvalue weighted by atomic mass is 10.1. The Balaban J connectivity index is 1.55. The van der Waals surface area contributed by atoms with Crippen molar-refractivity contribution in [1.82, 2.24) is 15.5 Å². The highest BCUT2D eigenvalue weighted by Crippen LogP contribution is 2.21. The van der Waals surface area contributed by atoms with Crippen molar-refractivity contribution in [3.05, 3.63) is 71.0 Å². The van der Waals surface area contributed by atoms with E-state index in [9.17, 15) is 9.18 Å². The summed E-state index contributed by atoms with van der Waals surface area (Å²) in [6, 6.07) is 12.1. The van der Waals surface area contributed by atoms with Gasteiger partial charge in [0.2, 0.25) is 0 Å². The summed E-state index contributed by atoms with van der Waals surface area (Å²) >= 11 is 5.85. The maximum absolute atomic E-state index is 12.8. The summed E-state index contributed by atoms with van der Waals surface area (Å²) in [4.78, 5) is 12.0. The lowest BCUT2D eigenvalue weighted by Crippen LogP contribution is -2.28. The maximum Gasteiger partial charge on any atom is 0.319 e. The number of hydrogen-bond acceptors (Lipinski definition) is 2. The molecule has 0 spiro atoms. The molecule has 0 aliphatic carbocycles. The first kappa shape index (κ1) is 17.0. The average molecular weight is 359 g/mol. The molecule has 2 aromatic carbocycles. The minimum atomic E-state index is -0.682. The second kappa shape index (κ2) is 7.81. The molecule has 128 valence electrons. The lowest BCUT2D eigenvalue weighted by molar-refractivity contribution is 0.251. The molecule has 0 saturated carbocycles. The molecular weight excluding hydrogens is 343 g/mol. The van der Waals surface area contributed by atoms with Crippen LogP contribution in [-0.4, -0.2) is 16.2 Å². The number of hydrogen-bond donors (Lipinski definition) is 3. The minimum Gasteiger partial charge on any atom is -0.334 e. The monoisotopic (exact) mass is 358 g/mol. The van der Waals surface area contributed by atoms with Crippen LogP contribution in [0.1, 0.15) is 11.1 Å². The summed E-state index contributed by atoms with van der Waals surface area (Å²) in [5.41, 5.74) is 3.84. The molecule has 7 heteroatoms. The van der Waals surface area contributed by atoms with Gasteiger partial charge in [0.05, 0.1) is 6.20 Å². The number of aromatic nitrogens is 2. The van der Waals surface area contributed by atoms with Gasteiger partial charge in [0.15, 0.2) is 0 Å². The van der Waals surface area contributed by atoms with Gasteiger partial charge in [0, 0.05) is 34.6 Å². The van der Waals surface area contributed by atoms with Gasteiger partial charge in [-0.1, -0.05) is 35.9 Å². The van der Waals surface area contributed by atoms with E-state index >= 15 is 0 Å². The van der Waals surface area contributed by atoms with E-state index in [1.54, 1.807) is 18.3 Å². The summed E-state index contributed by atoms with van der Waals surface area (Å²) in [6.45, 7) is -0.306. The molecule has 3 aromatic rings. The SMILES string of the molecule is O=C(NCc1ccc(-c2cn[nH]c2)cc1)Nc1ccc(Cl)c(CF)c1. The van der Waals surface area contributed by atoms with Crippen LogP contribution >= 0.6 is 11.6 Å². The second-order valence-corrected chi connectivity index (χ2v) is 5.84. The molecule has 5 nitrogen and oxygen atoms in total. The standard InChI is InChI=1S/C18H16ClFN4O/c19-17-6-5-16(7-14(17)8-20)24-18(25)21-9-12-1-3-13(4-2-12)15-10-22-23-11-15/h1-7,10-11H,8-9H2,(H,22,23)(H2,21,24,25). The summed E-state index contributed by atoms with van der Waals surface area (Å²) in [6.07, 6.45) is 3.57. The number of H-pyrrole nitrogens is 1. The number of alkyl halides is 1. The average Bonchev–Trinajstić information content (AvgIpc) is 3.17. The van der Waals surface area contributed by atoms with Crippen LogP contribution in [0.25, 0.3) is 11.1 Å². The van der Waals surface area contributed by atoms with E-state index in [2.05, 4.69) is 20.8 Å². The number of rotatable bonds is 5. The zero-order chi connectivity index (χ0) is 17.6. The highest BCUT2D eigenvalue weighted by atomic mass is 35.5. The van der Waals surface area contributed by atoms with Gasteiger partial charge in [-0.25, -0.2) is 9.18 Å². The first-order valence-corrected chi connectivity index (χ1v) is 8.01. The molecule has 1 aromatic heterocycles. The number of nitrogens with zero attached hydrogens (tertiary/aromatic N) is 1. The third kappa shape index (κ3) is 4.36. The fourth-order valence-corrected chi connectivity index (χ4v) is 2.50. The van der Waals surface area contributed by atoms with Crippen LogP contribution < -0.4 is 10.6 Å². The van der Waals surface area contributed by atoms with Crippen LogP contribution in [0, 0.1) is 0 Å². The molecule has 0 aliphatic rings. The van der Waals surface area contributed by atoms with Crippen molar-refractivity contribution in [3.8, 4) is 11.1 Å². The molecule has 2 amide bonds. The van der Waals surface area contributed by atoms with Crippen LogP contribution in [-0.2, 0) is 13.2 Å². The maximum atomic E-state index is 12.8. The van der Waals surface area contributed by atoms with E-state index in [0.29, 0.717) is 22.8 Å². The zero-order valence-electron chi connectivity index (χ0n) is 13.2. The molecule has 0 unspecified atom stereocenters. The highest BCUT2D eigenvalue weighted by Gasteiger charge is 2.06. The molecule has 0 bridgehead atoms. The number of benzene rings is 2. The van der Waals surface area contributed by atoms with Crippen molar-refractivity contribution in [1.29, 1.82) is 0 Å². The van der Waals surface area contributed by atoms with E-state index in [0.717, 1.165) is 16.7 Å². The fourth-order valence-electron chi connectivity index (χ4n) is 2.34. The number of amides is 2. The molecular formula is C18H16ClFN4O. The normalized spacial score (nSPS) is 10.5. The Bertz CT molecular complexity index is 850. The van der Waals surface area contributed by atoms with Crippen LogP contribution in [0.5, 0.6) is 0 Å². The Morgan fingerprint density at radius 2 is 1.96 bits per heavy atom. The Labute approximate surface area is 149 Å². The van der Waals surface area contributed by atoms with Gasteiger partial charge in [-0.05, 0) is 29.3 Å². The van der Waals surface area contributed by atoms with Gasteiger partial charge in [-0.2, -0.15) is 5.10 Å². The zero-order valence-corrected chi connectivity index (χ0v) is 14.0. The predicted octanol–water partition coefficient (Wildman–Crippen LogP) is 4.52. The van der Waals surface area contributed by atoms with Gasteiger partial charge in [-0.3, -0.25) is 5.10 Å². The van der Waals surface area contributed by atoms with Crippen molar-refractivity contribution in [2.45, 2.75) is 13.2 Å². The Morgan fingerprint density at radius 1 is 1.16 bits per heavy atom. The number of anilines is 1. The number of halogens is 2. The van der Waals surface area contributed by atoms with Crippen molar-refractivity contribution >= 4 is 23.3 Å². The van der Waals surface area contributed by atoms with Gasteiger partial charge in [0.1, 0.15) is 6.67 Å². The summed E-state index contributed by atoms with van der Waals surface area (Å²) in [5, 5.41) is 12.4. The Kier molecular flexibility index (Phi) is 5.30. The van der Waals surface area contributed by atoms with Crippen LogP contribution in [0.2, 0.25) is 5.02 Å². The van der Waals surface area contributed by atoms with Crippen molar-refractivity contribution in [2.75, 3.05) is 5.32 Å². The fraction of sp³-hybridized carbons (Fsp3) is 0.111. The molecule has 0 aliphatic heterocycles. The Morgan fingerprint density at radius 3 is 2.64 bits per heavy atom.